The minimum absolute atomic E-state index is 0.0850. The molecule has 0 aromatic carbocycles. The average molecular weight is 1020 g/mol. The van der Waals surface area contributed by atoms with Crippen molar-refractivity contribution in [3.63, 3.8) is 0 Å². The fourth-order valence-electron chi connectivity index (χ4n) is 7.47. The van der Waals surface area contributed by atoms with Crippen LogP contribution in [0.5, 0.6) is 0 Å². The summed E-state index contributed by atoms with van der Waals surface area (Å²) >= 11 is 0. The molecular weight excluding hydrogens is 913 g/mol. The Kier molecular flexibility index (Phi) is 56.5. The van der Waals surface area contributed by atoms with Gasteiger partial charge in [0.15, 0.2) is 6.10 Å². The maximum Gasteiger partial charge on any atom is 0.310 e. The first kappa shape index (κ1) is 69.0. The van der Waals surface area contributed by atoms with Gasteiger partial charge in [-0.1, -0.05) is 262 Å². The molecule has 0 aromatic rings. The highest BCUT2D eigenvalue weighted by atomic mass is 16.6. The van der Waals surface area contributed by atoms with Gasteiger partial charge in [0.1, 0.15) is 13.2 Å². The van der Waals surface area contributed by atoms with Crippen molar-refractivity contribution in [2.75, 3.05) is 13.2 Å². The van der Waals surface area contributed by atoms with E-state index in [-0.39, 0.29) is 31.6 Å². The van der Waals surface area contributed by atoms with Crippen molar-refractivity contribution in [3.05, 3.63) is 158 Å². The maximum atomic E-state index is 12.8. The second-order valence-corrected chi connectivity index (χ2v) is 18.8. The van der Waals surface area contributed by atoms with Crippen LogP contribution in [0.4, 0.5) is 0 Å². The van der Waals surface area contributed by atoms with Gasteiger partial charge < -0.3 is 14.2 Å². The summed E-state index contributed by atoms with van der Waals surface area (Å²) in [6.07, 6.45) is 88.4. The fraction of sp³-hybridized carbons (Fsp3) is 0.574. The number of allylic oxidation sites excluding steroid dienone is 25. The van der Waals surface area contributed by atoms with Gasteiger partial charge in [-0.15, -0.1) is 0 Å². The summed E-state index contributed by atoms with van der Waals surface area (Å²) in [4.78, 5) is 38.1. The topological polar surface area (TPSA) is 78.9 Å². The minimum Gasteiger partial charge on any atom is -0.462 e. The van der Waals surface area contributed by atoms with Crippen molar-refractivity contribution in [2.45, 2.75) is 239 Å². The van der Waals surface area contributed by atoms with E-state index in [9.17, 15) is 14.4 Å². The van der Waals surface area contributed by atoms with Crippen LogP contribution >= 0.6 is 0 Å². The second-order valence-electron chi connectivity index (χ2n) is 18.8. The third kappa shape index (κ3) is 57.9. The number of rotatable bonds is 51. The van der Waals surface area contributed by atoms with Crippen LogP contribution in [-0.2, 0) is 28.6 Å². The van der Waals surface area contributed by atoms with E-state index in [4.69, 9.17) is 14.2 Å². The lowest BCUT2D eigenvalue weighted by Gasteiger charge is -2.18. The van der Waals surface area contributed by atoms with Gasteiger partial charge in [0.25, 0.3) is 0 Å². The average Bonchev–Trinajstić information content (AvgIpc) is 3.40. The molecule has 0 spiro atoms. The van der Waals surface area contributed by atoms with Crippen molar-refractivity contribution >= 4 is 17.9 Å². The zero-order chi connectivity index (χ0) is 53.6. The molecule has 0 fully saturated rings. The number of carbonyl (C=O) groups is 3. The SMILES string of the molecule is CC/C=C\C/C=C\C/C=C\C/C=C\C/C=C\C/C=C\C/C=C\C/C=C\CCCCCCC(=O)OCC(COC(=O)CCCCCCCCCCCCCC)OC(=O)C/C=C\C/C=C\C/C=C\C/C=C\C/C=C\CC. The Morgan fingerprint density at radius 3 is 0.892 bits per heavy atom. The zero-order valence-electron chi connectivity index (χ0n) is 47.3. The number of unbranched alkanes of at least 4 members (excludes halogenated alkanes) is 15. The summed E-state index contributed by atoms with van der Waals surface area (Å²) in [7, 11) is 0. The molecule has 0 radical (unpaired) electrons. The van der Waals surface area contributed by atoms with E-state index in [1.807, 2.05) is 6.08 Å². The van der Waals surface area contributed by atoms with E-state index < -0.39 is 12.1 Å². The first-order valence-electron chi connectivity index (χ1n) is 29.5. The Balaban J connectivity index is 4.45. The molecule has 74 heavy (non-hydrogen) atoms. The van der Waals surface area contributed by atoms with E-state index >= 15 is 0 Å². The van der Waals surface area contributed by atoms with Gasteiger partial charge >= 0.3 is 17.9 Å². The van der Waals surface area contributed by atoms with Crippen LogP contribution in [0.15, 0.2) is 158 Å². The van der Waals surface area contributed by atoms with Crippen LogP contribution in [-0.4, -0.2) is 37.2 Å². The van der Waals surface area contributed by atoms with Gasteiger partial charge in [-0.25, -0.2) is 0 Å². The molecule has 0 N–H and O–H groups in total. The lowest BCUT2D eigenvalue weighted by molar-refractivity contribution is -0.166. The quantitative estimate of drug-likeness (QED) is 0.0261. The highest BCUT2D eigenvalue weighted by molar-refractivity contribution is 5.72. The molecule has 6 nitrogen and oxygen atoms in total. The monoisotopic (exact) mass is 1020 g/mol. The second kappa shape index (κ2) is 60.6. The molecule has 1 unspecified atom stereocenters. The van der Waals surface area contributed by atoms with Crippen LogP contribution < -0.4 is 0 Å². The normalized spacial score (nSPS) is 13.3. The highest BCUT2D eigenvalue weighted by Gasteiger charge is 2.19. The van der Waals surface area contributed by atoms with E-state index in [2.05, 4.69) is 167 Å². The minimum atomic E-state index is -0.849. The molecule has 0 aliphatic heterocycles. The first-order chi connectivity index (χ1) is 36.5. The smallest absolute Gasteiger partial charge is 0.310 e. The number of ether oxygens (including phenoxy) is 3. The molecule has 1 atom stereocenters. The summed E-state index contributed by atoms with van der Waals surface area (Å²) in [5.74, 6) is -1.09. The molecule has 0 aliphatic rings. The molecule has 414 valence electrons. The molecule has 0 saturated heterocycles. The Hall–Kier alpha value is -4.97. The third-order valence-corrected chi connectivity index (χ3v) is 11.8. The van der Waals surface area contributed by atoms with Crippen molar-refractivity contribution < 1.29 is 28.6 Å². The molecule has 0 aliphatic carbocycles. The van der Waals surface area contributed by atoms with Crippen molar-refractivity contribution in [2.24, 2.45) is 0 Å². The number of hydrogen-bond acceptors (Lipinski definition) is 6. The third-order valence-electron chi connectivity index (χ3n) is 11.8. The summed E-state index contributed by atoms with van der Waals surface area (Å²) in [5, 5.41) is 0. The van der Waals surface area contributed by atoms with Gasteiger partial charge in [-0.3, -0.25) is 14.4 Å². The van der Waals surface area contributed by atoms with Gasteiger partial charge in [0.05, 0.1) is 6.42 Å². The van der Waals surface area contributed by atoms with Crippen LogP contribution in [0.3, 0.4) is 0 Å². The van der Waals surface area contributed by atoms with Crippen molar-refractivity contribution in [3.8, 4) is 0 Å². The summed E-state index contributed by atoms with van der Waals surface area (Å²) in [6, 6.07) is 0. The molecule has 0 amide bonds. The predicted molar refractivity (Wildman–Crippen MR) is 320 cm³/mol. The summed E-state index contributed by atoms with van der Waals surface area (Å²) in [6.45, 7) is 6.29. The van der Waals surface area contributed by atoms with E-state index in [1.165, 1.54) is 57.8 Å². The van der Waals surface area contributed by atoms with E-state index in [0.717, 1.165) is 128 Å². The molecule has 0 rings (SSSR count). The Labute approximate surface area is 454 Å². The molecule has 0 heterocycles. The van der Waals surface area contributed by atoms with Gasteiger partial charge in [-0.2, -0.15) is 0 Å². The van der Waals surface area contributed by atoms with Crippen molar-refractivity contribution in [1.82, 2.24) is 0 Å². The van der Waals surface area contributed by atoms with Crippen LogP contribution in [0.25, 0.3) is 0 Å². The zero-order valence-corrected chi connectivity index (χ0v) is 47.3. The molecular formula is C68H106O6. The van der Waals surface area contributed by atoms with Gasteiger partial charge in [0.2, 0.25) is 0 Å². The van der Waals surface area contributed by atoms with Crippen LogP contribution in [0.1, 0.15) is 233 Å². The van der Waals surface area contributed by atoms with Crippen LogP contribution in [0, 0.1) is 0 Å². The molecule has 0 saturated carbocycles. The lowest BCUT2D eigenvalue weighted by Crippen LogP contribution is -2.30. The summed E-state index contributed by atoms with van der Waals surface area (Å²) < 4.78 is 16.7. The van der Waals surface area contributed by atoms with Gasteiger partial charge in [-0.05, 0) is 109 Å². The maximum absolute atomic E-state index is 12.8. The predicted octanol–water partition coefficient (Wildman–Crippen LogP) is 20.1. The van der Waals surface area contributed by atoms with E-state index in [0.29, 0.717) is 19.3 Å². The van der Waals surface area contributed by atoms with Gasteiger partial charge in [0, 0.05) is 12.8 Å². The number of hydrogen-bond donors (Lipinski definition) is 0. The molecule has 6 heteroatoms. The van der Waals surface area contributed by atoms with Crippen LogP contribution in [0.2, 0.25) is 0 Å². The molecule has 0 aromatic heterocycles. The Bertz CT molecular complexity index is 1690. The Morgan fingerprint density at radius 1 is 0.297 bits per heavy atom. The fourth-order valence-corrected chi connectivity index (χ4v) is 7.47. The largest absolute Gasteiger partial charge is 0.462 e. The Morgan fingerprint density at radius 2 is 0.568 bits per heavy atom. The summed E-state index contributed by atoms with van der Waals surface area (Å²) in [5.41, 5.74) is 0. The van der Waals surface area contributed by atoms with E-state index in [1.54, 1.807) is 6.08 Å². The number of carbonyl (C=O) groups excluding carboxylic acids is 3. The lowest BCUT2D eigenvalue weighted by atomic mass is 10.0. The highest BCUT2D eigenvalue weighted by Crippen LogP contribution is 2.14. The van der Waals surface area contributed by atoms with Crippen molar-refractivity contribution in [1.29, 1.82) is 0 Å². The number of esters is 3. The molecule has 0 bridgehead atoms. The first-order valence-corrected chi connectivity index (χ1v) is 29.5. The standard InChI is InChI=1S/C68H106O6/c1-4-7-10-13-16-19-22-25-27-28-29-30-31-32-33-34-35-36-37-38-39-40-42-43-46-49-52-55-58-61-67(70)73-64-65(63-72-66(69)60-57-54-51-48-45-24-21-18-15-12-9-6-3)74-68(71)62-59-56-53-50-47-44-41-26-23-20-17-14-11-8-5-2/h7-8,10-11,16-17,19-20,25-27,29-30,32-33,35-36,38-39,41-43,47,50,56,59,65H,4-6,9,12-15,18,21-24,28,31,34,37,40,44-46,48-49,51-55,57-58,60-64H2,1-3H3/b10-7-,11-8-,19-16-,20-17-,27-25-,30-29-,33-32-,36-35-,39-38-,41-26-,43-42-,50-47-,59-56-.